The SMILES string of the molecule is CCc1[nH]c2nc(Sc3cnc(N)nc3)nc(N3CC4CNC4C3)c2c1Cl. The molecule has 10 heteroatoms. The molecule has 0 bridgehead atoms. The second kappa shape index (κ2) is 6.50. The maximum absolute atomic E-state index is 6.66. The van der Waals surface area contributed by atoms with Crippen molar-refractivity contribution in [2.75, 3.05) is 30.3 Å². The zero-order valence-electron chi connectivity index (χ0n) is 14.7. The number of H-pyrrole nitrogens is 1. The van der Waals surface area contributed by atoms with E-state index in [1.165, 1.54) is 11.8 Å². The summed E-state index contributed by atoms with van der Waals surface area (Å²) in [5, 5.41) is 5.76. The topological polar surface area (TPSA) is 109 Å². The van der Waals surface area contributed by atoms with E-state index in [0.717, 1.165) is 58.5 Å². The Kier molecular flexibility index (Phi) is 4.10. The van der Waals surface area contributed by atoms with Gasteiger partial charge in [-0.2, -0.15) is 0 Å². The molecule has 8 nitrogen and oxygen atoms in total. The summed E-state index contributed by atoms with van der Waals surface area (Å²) in [7, 11) is 0. The van der Waals surface area contributed by atoms with E-state index >= 15 is 0 Å². The van der Waals surface area contributed by atoms with Gasteiger partial charge in [0.15, 0.2) is 5.16 Å². The monoisotopic (exact) mass is 402 g/mol. The minimum Gasteiger partial charge on any atom is -0.368 e. The molecule has 2 fully saturated rings. The summed E-state index contributed by atoms with van der Waals surface area (Å²) in [6.07, 6.45) is 4.18. The van der Waals surface area contributed by atoms with Crippen LogP contribution in [-0.4, -0.2) is 50.6 Å². The maximum atomic E-state index is 6.66. The molecule has 4 N–H and O–H groups in total. The van der Waals surface area contributed by atoms with E-state index in [4.69, 9.17) is 27.3 Å². The van der Waals surface area contributed by atoms with Gasteiger partial charge in [0.25, 0.3) is 0 Å². The van der Waals surface area contributed by atoms with Crippen molar-refractivity contribution in [1.29, 1.82) is 0 Å². The van der Waals surface area contributed by atoms with Crippen molar-refractivity contribution in [3.05, 3.63) is 23.1 Å². The third-order valence-electron chi connectivity index (χ3n) is 5.22. The molecule has 0 amide bonds. The number of aromatic amines is 1. The molecule has 0 spiro atoms. The standard InChI is InChI=1S/C17H19ClN8S/c1-2-10-13(18)12-14(23-10)24-17(27-9-4-21-16(19)22-5-9)25-15(12)26-6-8-3-20-11(8)7-26/h4-5,8,11,20H,2-3,6-7H2,1H3,(H2,19,21,22)(H,23,24,25). The molecule has 2 atom stereocenters. The Morgan fingerprint density at radius 2 is 2.11 bits per heavy atom. The summed E-state index contributed by atoms with van der Waals surface area (Å²) in [5.74, 6) is 1.83. The van der Waals surface area contributed by atoms with E-state index in [1.807, 2.05) is 0 Å². The van der Waals surface area contributed by atoms with Gasteiger partial charge in [-0.25, -0.2) is 19.9 Å². The fourth-order valence-corrected chi connectivity index (χ4v) is 4.74. The van der Waals surface area contributed by atoms with Gasteiger partial charge in [0.05, 0.1) is 15.3 Å². The Labute approximate surface area is 165 Å². The number of anilines is 2. The smallest absolute Gasteiger partial charge is 0.219 e. The lowest BCUT2D eigenvalue weighted by Gasteiger charge is -2.29. The first-order valence-electron chi connectivity index (χ1n) is 8.94. The third-order valence-corrected chi connectivity index (χ3v) is 6.45. The van der Waals surface area contributed by atoms with Gasteiger partial charge in [-0.1, -0.05) is 18.5 Å². The van der Waals surface area contributed by atoms with E-state index in [9.17, 15) is 0 Å². The normalized spacial score (nSPS) is 21.5. The summed E-state index contributed by atoms with van der Waals surface area (Å²) in [6.45, 7) is 5.07. The molecular formula is C17H19ClN8S. The van der Waals surface area contributed by atoms with Crippen molar-refractivity contribution in [1.82, 2.24) is 30.2 Å². The van der Waals surface area contributed by atoms with Gasteiger partial charge in [-0.3, -0.25) is 0 Å². The summed E-state index contributed by atoms with van der Waals surface area (Å²) in [4.78, 5) is 24.2. The van der Waals surface area contributed by atoms with Crippen LogP contribution in [0.15, 0.2) is 22.4 Å². The maximum Gasteiger partial charge on any atom is 0.219 e. The van der Waals surface area contributed by atoms with E-state index in [0.29, 0.717) is 17.1 Å². The number of halogens is 1. The zero-order chi connectivity index (χ0) is 18.5. The zero-order valence-corrected chi connectivity index (χ0v) is 16.3. The van der Waals surface area contributed by atoms with Crippen molar-refractivity contribution in [2.24, 2.45) is 5.92 Å². The van der Waals surface area contributed by atoms with Crippen molar-refractivity contribution in [2.45, 2.75) is 29.4 Å². The molecule has 0 radical (unpaired) electrons. The molecule has 5 heterocycles. The predicted octanol–water partition coefficient (Wildman–Crippen LogP) is 2.11. The highest BCUT2D eigenvalue weighted by molar-refractivity contribution is 7.99. The Bertz CT molecular complexity index is 992. The lowest BCUT2D eigenvalue weighted by Crippen LogP contribution is -2.51. The number of rotatable bonds is 4. The van der Waals surface area contributed by atoms with Crippen molar-refractivity contribution < 1.29 is 0 Å². The van der Waals surface area contributed by atoms with Gasteiger partial charge in [-0.05, 0) is 18.2 Å². The molecule has 2 aliphatic rings. The number of hydrogen-bond donors (Lipinski definition) is 3. The second-order valence-electron chi connectivity index (χ2n) is 6.88. The first kappa shape index (κ1) is 17.0. The number of nitrogens with zero attached hydrogens (tertiary/aromatic N) is 5. The fraction of sp³-hybridized carbons (Fsp3) is 0.412. The molecule has 2 unspecified atom stereocenters. The van der Waals surface area contributed by atoms with Crippen LogP contribution < -0.4 is 16.0 Å². The molecule has 2 saturated heterocycles. The average molecular weight is 403 g/mol. The Hall–Kier alpha value is -2.10. The minimum absolute atomic E-state index is 0.250. The Morgan fingerprint density at radius 3 is 2.74 bits per heavy atom. The van der Waals surface area contributed by atoms with Gasteiger partial charge in [-0.15, -0.1) is 0 Å². The minimum atomic E-state index is 0.250. The van der Waals surface area contributed by atoms with Crippen LogP contribution in [0.4, 0.5) is 11.8 Å². The van der Waals surface area contributed by atoms with Crippen LogP contribution in [0.25, 0.3) is 11.0 Å². The van der Waals surface area contributed by atoms with Gasteiger partial charge in [0.2, 0.25) is 5.95 Å². The van der Waals surface area contributed by atoms with Gasteiger partial charge < -0.3 is 20.9 Å². The fourth-order valence-electron chi connectivity index (χ4n) is 3.70. The molecule has 140 valence electrons. The van der Waals surface area contributed by atoms with Crippen LogP contribution in [0.1, 0.15) is 12.6 Å². The van der Waals surface area contributed by atoms with Crippen molar-refractivity contribution >= 4 is 46.2 Å². The highest BCUT2D eigenvalue weighted by Crippen LogP contribution is 2.38. The van der Waals surface area contributed by atoms with Crippen LogP contribution in [0.5, 0.6) is 0 Å². The summed E-state index contributed by atoms with van der Waals surface area (Å²) in [6, 6.07) is 0.542. The van der Waals surface area contributed by atoms with Crippen LogP contribution in [0, 0.1) is 5.92 Å². The van der Waals surface area contributed by atoms with Crippen molar-refractivity contribution in [3.63, 3.8) is 0 Å². The molecule has 0 saturated carbocycles. The Morgan fingerprint density at radius 1 is 1.30 bits per heavy atom. The highest BCUT2D eigenvalue weighted by Gasteiger charge is 2.40. The molecule has 2 aliphatic heterocycles. The van der Waals surface area contributed by atoms with Crippen molar-refractivity contribution in [3.8, 4) is 0 Å². The second-order valence-corrected chi connectivity index (χ2v) is 8.30. The Balaban J connectivity index is 1.59. The van der Waals surface area contributed by atoms with Crippen LogP contribution >= 0.6 is 23.4 Å². The molecule has 3 aromatic heterocycles. The number of hydrogen-bond acceptors (Lipinski definition) is 8. The summed E-state index contributed by atoms with van der Waals surface area (Å²) >= 11 is 8.08. The van der Waals surface area contributed by atoms with Gasteiger partial charge in [0.1, 0.15) is 11.5 Å². The number of aryl methyl sites for hydroxylation is 1. The highest BCUT2D eigenvalue weighted by atomic mass is 35.5. The van der Waals surface area contributed by atoms with Gasteiger partial charge >= 0.3 is 0 Å². The summed E-state index contributed by atoms with van der Waals surface area (Å²) < 4.78 is 0. The molecule has 27 heavy (non-hydrogen) atoms. The predicted molar refractivity (Wildman–Crippen MR) is 106 cm³/mol. The number of nitrogen functional groups attached to an aromatic ring is 1. The molecule has 0 aromatic carbocycles. The largest absolute Gasteiger partial charge is 0.368 e. The van der Waals surface area contributed by atoms with Crippen LogP contribution in [0.2, 0.25) is 5.02 Å². The number of nitrogens with one attached hydrogen (secondary N) is 2. The number of fused-ring (bicyclic) bond motifs is 2. The van der Waals surface area contributed by atoms with Crippen LogP contribution in [-0.2, 0) is 6.42 Å². The molecule has 5 rings (SSSR count). The summed E-state index contributed by atoms with van der Waals surface area (Å²) in [5.41, 5.74) is 7.33. The molecular weight excluding hydrogens is 384 g/mol. The molecule has 0 aliphatic carbocycles. The quantitative estimate of drug-likeness (QED) is 0.569. The number of aromatic nitrogens is 5. The lowest BCUT2D eigenvalue weighted by molar-refractivity contribution is 0.297. The third kappa shape index (κ3) is 2.90. The first-order valence-corrected chi connectivity index (χ1v) is 10.1. The van der Waals surface area contributed by atoms with E-state index in [2.05, 4.69) is 32.1 Å². The average Bonchev–Trinajstić information content (AvgIpc) is 3.13. The number of nitrogens with two attached hydrogens (primary N) is 1. The van der Waals surface area contributed by atoms with E-state index in [1.54, 1.807) is 12.4 Å². The van der Waals surface area contributed by atoms with E-state index in [-0.39, 0.29) is 5.95 Å². The van der Waals surface area contributed by atoms with Crippen LogP contribution in [0.3, 0.4) is 0 Å². The molecule has 3 aromatic rings. The lowest BCUT2D eigenvalue weighted by atomic mass is 9.96. The van der Waals surface area contributed by atoms with Gasteiger partial charge in [0, 0.05) is 49.7 Å². The van der Waals surface area contributed by atoms with E-state index < -0.39 is 0 Å². The first-order chi connectivity index (χ1) is 13.1.